The molecule has 0 spiro atoms. The Hall–Kier alpha value is -1.36. The van der Waals surface area contributed by atoms with Gasteiger partial charge in [-0.2, -0.15) is 0 Å². The Morgan fingerprint density at radius 1 is 1.23 bits per heavy atom. The highest BCUT2D eigenvalue weighted by molar-refractivity contribution is 9.10. The molecule has 0 bridgehead atoms. The van der Waals surface area contributed by atoms with Crippen LogP contribution >= 0.6 is 15.9 Å². The van der Waals surface area contributed by atoms with Crippen LogP contribution in [-0.4, -0.2) is 23.1 Å². The molecule has 22 heavy (non-hydrogen) atoms. The molecule has 1 unspecified atom stereocenters. The number of alkyl halides is 1. The topological polar surface area (TPSA) is 55.4 Å². The van der Waals surface area contributed by atoms with Gasteiger partial charge in [0.1, 0.15) is 5.75 Å². The monoisotopic (exact) mass is 369 g/mol. The Morgan fingerprint density at radius 3 is 2.36 bits per heavy atom. The van der Waals surface area contributed by atoms with Gasteiger partial charge in [0, 0.05) is 11.5 Å². The Morgan fingerprint density at radius 2 is 1.86 bits per heavy atom. The first-order valence-electron chi connectivity index (χ1n) is 7.53. The van der Waals surface area contributed by atoms with Crippen LogP contribution in [0.1, 0.15) is 45.0 Å². The lowest BCUT2D eigenvalue weighted by molar-refractivity contribution is -0.118. The van der Waals surface area contributed by atoms with E-state index >= 15 is 0 Å². The van der Waals surface area contributed by atoms with Crippen LogP contribution in [0, 0.1) is 11.8 Å². The summed E-state index contributed by atoms with van der Waals surface area (Å²) in [5, 5.41) is 2.83. The number of carbonyl (C=O) groups excluding carboxylic acids is 2. The summed E-state index contributed by atoms with van der Waals surface area (Å²) in [4.78, 5) is 24.0. The molecule has 1 amide bonds. The fourth-order valence-corrected chi connectivity index (χ4v) is 2.06. The molecule has 0 aromatic heterocycles. The molecular weight excluding hydrogens is 346 g/mol. The van der Waals surface area contributed by atoms with Crippen LogP contribution in [0.3, 0.4) is 0 Å². The van der Waals surface area contributed by atoms with Crippen LogP contribution < -0.4 is 10.1 Å². The maximum Gasteiger partial charge on any atom is 0.227 e. The molecule has 0 heterocycles. The lowest BCUT2D eigenvalue weighted by Crippen LogP contribution is -2.21. The third-order valence-corrected chi connectivity index (χ3v) is 4.66. The number of hydrogen-bond donors (Lipinski definition) is 1. The number of anilines is 1. The third kappa shape index (κ3) is 4.83. The van der Waals surface area contributed by atoms with Gasteiger partial charge in [0.15, 0.2) is 5.78 Å². The molecule has 5 heteroatoms. The van der Waals surface area contributed by atoms with Crippen molar-refractivity contribution in [2.45, 2.75) is 39.4 Å². The first-order chi connectivity index (χ1) is 10.3. The summed E-state index contributed by atoms with van der Waals surface area (Å²) in [7, 11) is 0. The molecule has 0 fully saturated rings. The lowest BCUT2D eigenvalue weighted by atomic mass is 10.0. The van der Waals surface area contributed by atoms with Gasteiger partial charge in [0.05, 0.1) is 17.1 Å². The Labute approximate surface area is 140 Å². The minimum Gasteiger partial charge on any atom is -0.492 e. The molecule has 4 nitrogen and oxygen atoms in total. The van der Waals surface area contributed by atoms with E-state index < -0.39 is 0 Å². The smallest absolute Gasteiger partial charge is 0.227 e. The SMILES string of the molecule is CCOc1cc(C(=O)C(Br)C(C)C)ccc1NC(=O)C(C)C. The Kier molecular flexibility index (Phi) is 7.07. The average molecular weight is 370 g/mol. The summed E-state index contributed by atoms with van der Waals surface area (Å²) in [5.74, 6) is 0.524. The number of halogens is 1. The molecule has 1 N–H and O–H groups in total. The van der Waals surface area contributed by atoms with E-state index in [2.05, 4.69) is 21.2 Å². The number of amides is 1. The van der Waals surface area contributed by atoms with E-state index in [1.165, 1.54) is 0 Å². The van der Waals surface area contributed by atoms with Crippen molar-refractivity contribution in [1.29, 1.82) is 0 Å². The number of carbonyl (C=O) groups is 2. The molecule has 0 saturated heterocycles. The summed E-state index contributed by atoms with van der Waals surface area (Å²) in [6.07, 6.45) is 0. The standard InChI is InChI=1S/C17H24BrNO3/c1-6-22-14-9-12(16(20)15(18)10(2)3)7-8-13(14)19-17(21)11(4)5/h7-11,15H,6H2,1-5H3,(H,19,21). The van der Waals surface area contributed by atoms with Crippen molar-refractivity contribution < 1.29 is 14.3 Å². The van der Waals surface area contributed by atoms with Crippen molar-refractivity contribution in [2.24, 2.45) is 11.8 Å². The molecule has 0 radical (unpaired) electrons. The summed E-state index contributed by atoms with van der Waals surface area (Å²) in [6.45, 7) is 9.95. The summed E-state index contributed by atoms with van der Waals surface area (Å²) in [5.41, 5.74) is 1.16. The third-order valence-electron chi connectivity index (χ3n) is 3.18. The van der Waals surface area contributed by atoms with Crippen molar-refractivity contribution in [2.75, 3.05) is 11.9 Å². The van der Waals surface area contributed by atoms with Crippen LogP contribution in [-0.2, 0) is 4.79 Å². The zero-order valence-corrected chi connectivity index (χ0v) is 15.4. The number of ketones is 1. The quantitative estimate of drug-likeness (QED) is 0.576. The van der Waals surface area contributed by atoms with E-state index in [9.17, 15) is 9.59 Å². The van der Waals surface area contributed by atoms with E-state index in [4.69, 9.17) is 4.74 Å². The number of nitrogens with one attached hydrogen (secondary N) is 1. The first kappa shape index (κ1) is 18.7. The lowest BCUT2D eigenvalue weighted by Gasteiger charge is -2.16. The molecule has 1 atom stereocenters. The Balaban J connectivity index is 3.08. The van der Waals surface area contributed by atoms with Crippen LogP contribution in [0.15, 0.2) is 18.2 Å². The zero-order chi connectivity index (χ0) is 16.9. The number of rotatable bonds is 7. The normalized spacial score (nSPS) is 12.4. The molecule has 0 aliphatic heterocycles. The molecule has 1 aromatic rings. The van der Waals surface area contributed by atoms with Gasteiger partial charge in [-0.15, -0.1) is 0 Å². The van der Waals surface area contributed by atoms with Crippen LogP contribution in [0.25, 0.3) is 0 Å². The average Bonchev–Trinajstić information content (AvgIpc) is 2.47. The summed E-state index contributed by atoms with van der Waals surface area (Å²) < 4.78 is 5.57. The van der Waals surface area contributed by atoms with Crippen molar-refractivity contribution in [3.05, 3.63) is 23.8 Å². The van der Waals surface area contributed by atoms with Crippen LogP contribution in [0.5, 0.6) is 5.75 Å². The first-order valence-corrected chi connectivity index (χ1v) is 8.45. The predicted octanol–water partition coefficient (Wildman–Crippen LogP) is 4.28. The van der Waals surface area contributed by atoms with Gasteiger partial charge in [-0.3, -0.25) is 9.59 Å². The van der Waals surface area contributed by atoms with E-state index in [1.54, 1.807) is 18.2 Å². The van der Waals surface area contributed by atoms with Gasteiger partial charge in [0.25, 0.3) is 0 Å². The number of Topliss-reactive ketones (excluding diaryl/α,β-unsaturated/α-hetero) is 1. The minimum atomic E-state index is -0.238. The summed E-state index contributed by atoms with van der Waals surface area (Å²) in [6, 6.07) is 5.13. The molecule has 1 rings (SSSR count). The number of hydrogen-bond acceptors (Lipinski definition) is 3. The van der Waals surface area contributed by atoms with E-state index in [1.807, 2.05) is 34.6 Å². The maximum atomic E-state index is 12.4. The number of ether oxygens (including phenoxy) is 1. The fourth-order valence-electron chi connectivity index (χ4n) is 1.79. The van der Waals surface area contributed by atoms with Gasteiger partial charge < -0.3 is 10.1 Å². The molecule has 1 aromatic carbocycles. The van der Waals surface area contributed by atoms with Gasteiger partial charge in [-0.05, 0) is 31.0 Å². The highest BCUT2D eigenvalue weighted by atomic mass is 79.9. The van der Waals surface area contributed by atoms with Crippen LogP contribution in [0.4, 0.5) is 5.69 Å². The minimum absolute atomic E-state index is 0.0117. The molecule has 0 saturated carbocycles. The molecule has 0 aliphatic carbocycles. The number of benzene rings is 1. The zero-order valence-electron chi connectivity index (χ0n) is 13.8. The van der Waals surface area contributed by atoms with E-state index in [0.717, 1.165) is 0 Å². The second kappa shape index (κ2) is 8.32. The highest BCUT2D eigenvalue weighted by Gasteiger charge is 2.22. The van der Waals surface area contributed by atoms with Crippen molar-refractivity contribution >= 4 is 33.3 Å². The second-order valence-electron chi connectivity index (χ2n) is 5.80. The van der Waals surface area contributed by atoms with Gasteiger partial charge >= 0.3 is 0 Å². The van der Waals surface area contributed by atoms with Crippen molar-refractivity contribution in [1.82, 2.24) is 0 Å². The van der Waals surface area contributed by atoms with Crippen LogP contribution in [0.2, 0.25) is 0 Å². The van der Waals surface area contributed by atoms with Crippen molar-refractivity contribution in [3.63, 3.8) is 0 Å². The molecule has 122 valence electrons. The molecular formula is C17H24BrNO3. The second-order valence-corrected chi connectivity index (χ2v) is 6.78. The van der Waals surface area contributed by atoms with Gasteiger partial charge in [-0.1, -0.05) is 43.6 Å². The molecule has 0 aliphatic rings. The van der Waals surface area contributed by atoms with E-state index in [-0.39, 0.29) is 28.4 Å². The van der Waals surface area contributed by atoms with E-state index in [0.29, 0.717) is 23.6 Å². The summed E-state index contributed by atoms with van der Waals surface area (Å²) >= 11 is 3.43. The largest absolute Gasteiger partial charge is 0.492 e. The Bertz CT molecular complexity index is 541. The fraction of sp³-hybridized carbons (Fsp3) is 0.529. The van der Waals surface area contributed by atoms with Gasteiger partial charge in [0.2, 0.25) is 5.91 Å². The highest BCUT2D eigenvalue weighted by Crippen LogP contribution is 2.28. The van der Waals surface area contributed by atoms with Crippen molar-refractivity contribution in [3.8, 4) is 5.75 Å². The predicted molar refractivity (Wildman–Crippen MR) is 93.0 cm³/mol. The maximum absolute atomic E-state index is 12.4. The van der Waals surface area contributed by atoms with Gasteiger partial charge in [-0.25, -0.2) is 0 Å².